The molecule has 2 aromatic rings. The Bertz CT molecular complexity index is 652. The van der Waals surface area contributed by atoms with Crippen LogP contribution in [0.4, 0.5) is 26.3 Å². The van der Waals surface area contributed by atoms with E-state index in [9.17, 15) is 26.3 Å². The third-order valence-corrected chi connectivity index (χ3v) is 2.35. The summed E-state index contributed by atoms with van der Waals surface area (Å²) in [6.45, 7) is 0. The van der Waals surface area contributed by atoms with E-state index in [2.05, 4.69) is 9.47 Å². The molecule has 0 fully saturated rings. The van der Waals surface area contributed by atoms with Crippen molar-refractivity contribution in [1.82, 2.24) is 0 Å². The van der Waals surface area contributed by atoms with Crippen molar-refractivity contribution < 1.29 is 40.6 Å². The zero-order chi connectivity index (χ0) is 17.1. The fraction of sp³-hybridized carbons (Fsp3) is 0.143. The summed E-state index contributed by atoms with van der Waals surface area (Å²) in [5, 5.41) is 0. The Hall–Kier alpha value is -2.58. The molecule has 0 aliphatic heterocycles. The van der Waals surface area contributed by atoms with Crippen molar-refractivity contribution in [3.05, 3.63) is 48.5 Å². The Labute approximate surface area is 126 Å². The highest BCUT2D eigenvalue weighted by atomic mass is 19.4. The van der Waals surface area contributed by atoms with Gasteiger partial charge in [0.05, 0.1) is 0 Å². The SMILES string of the molecule is FC(F)(F)Oc1ccc(Oc2ccccc2)c(OC(F)(F)F)c1. The molecule has 0 N–H and O–H groups in total. The van der Waals surface area contributed by atoms with Gasteiger partial charge in [-0.3, -0.25) is 0 Å². The number of hydrogen-bond acceptors (Lipinski definition) is 3. The first kappa shape index (κ1) is 16.8. The number of rotatable bonds is 4. The van der Waals surface area contributed by atoms with Crippen LogP contribution in [0.3, 0.4) is 0 Å². The van der Waals surface area contributed by atoms with Gasteiger partial charge in [0, 0.05) is 6.07 Å². The quantitative estimate of drug-likeness (QED) is 0.710. The molecular formula is C14H8F6O3. The minimum Gasteiger partial charge on any atom is -0.453 e. The first-order valence-corrected chi connectivity index (χ1v) is 6.01. The minimum absolute atomic E-state index is 0.184. The van der Waals surface area contributed by atoms with E-state index in [-0.39, 0.29) is 5.75 Å². The van der Waals surface area contributed by atoms with Gasteiger partial charge in [0.25, 0.3) is 0 Å². The van der Waals surface area contributed by atoms with Crippen LogP contribution in [-0.2, 0) is 0 Å². The van der Waals surface area contributed by atoms with Gasteiger partial charge in [0.15, 0.2) is 11.5 Å². The lowest BCUT2D eigenvalue weighted by Crippen LogP contribution is -2.19. The van der Waals surface area contributed by atoms with E-state index in [1.54, 1.807) is 18.2 Å². The van der Waals surface area contributed by atoms with Gasteiger partial charge in [-0.25, -0.2) is 0 Å². The lowest BCUT2D eigenvalue weighted by molar-refractivity contribution is -0.276. The van der Waals surface area contributed by atoms with E-state index < -0.39 is 30.0 Å². The fourth-order valence-corrected chi connectivity index (χ4v) is 1.59. The van der Waals surface area contributed by atoms with E-state index in [0.717, 1.165) is 12.1 Å². The van der Waals surface area contributed by atoms with Crippen LogP contribution in [0.25, 0.3) is 0 Å². The van der Waals surface area contributed by atoms with E-state index >= 15 is 0 Å². The fourth-order valence-electron chi connectivity index (χ4n) is 1.59. The molecule has 3 nitrogen and oxygen atoms in total. The molecule has 0 atom stereocenters. The molecule has 23 heavy (non-hydrogen) atoms. The molecule has 0 aliphatic carbocycles. The summed E-state index contributed by atoms with van der Waals surface area (Å²) in [5.74, 6) is -2.05. The highest BCUT2D eigenvalue weighted by Gasteiger charge is 2.34. The molecule has 2 rings (SSSR count). The maximum absolute atomic E-state index is 12.4. The van der Waals surface area contributed by atoms with Gasteiger partial charge >= 0.3 is 12.7 Å². The van der Waals surface area contributed by atoms with Crippen molar-refractivity contribution in [2.45, 2.75) is 12.7 Å². The molecule has 0 bridgehead atoms. The van der Waals surface area contributed by atoms with Gasteiger partial charge < -0.3 is 14.2 Å². The molecule has 0 radical (unpaired) electrons. The van der Waals surface area contributed by atoms with Crippen molar-refractivity contribution >= 4 is 0 Å². The summed E-state index contributed by atoms with van der Waals surface area (Å²) in [7, 11) is 0. The second-order valence-corrected chi connectivity index (χ2v) is 4.12. The maximum Gasteiger partial charge on any atom is 0.573 e. The van der Waals surface area contributed by atoms with E-state index in [1.165, 1.54) is 12.1 Å². The highest BCUT2D eigenvalue weighted by molar-refractivity contribution is 5.47. The summed E-state index contributed by atoms with van der Waals surface area (Å²) >= 11 is 0. The lowest BCUT2D eigenvalue weighted by atomic mass is 10.3. The van der Waals surface area contributed by atoms with Crippen LogP contribution in [0.5, 0.6) is 23.0 Å². The molecule has 0 saturated carbocycles. The first-order valence-electron chi connectivity index (χ1n) is 6.01. The van der Waals surface area contributed by atoms with Crippen LogP contribution in [-0.4, -0.2) is 12.7 Å². The number of benzene rings is 2. The zero-order valence-electron chi connectivity index (χ0n) is 11.1. The summed E-state index contributed by atoms with van der Waals surface area (Å²) in [4.78, 5) is 0. The Morgan fingerprint density at radius 3 is 1.78 bits per heavy atom. The summed E-state index contributed by atoms with van der Waals surface area (Å²) in [5.41, 5.74) is 0. The second kappa shape index (κ2) is 6.27. The van der Waals surface area contributed by atoms with E-state index in [1.807, 2.05) is 0 Å². The normalized spacial score (nSPS) is 11.9. The average Bonchev–Trinajstić information content (AvgIpc) is 2.39. The van der Waals surface area contributed by atoms with Crippen molar-refractivity contribution in [3.63, 3.8) is 0 Å². The number of para-hydroxylation sites is 1. The third-order valence-electron chi connectivity index (χ3n) is 2.35. The number of ether oxygens (including phenoxy) is 3. The van der Waals surface area contributed by atoms with Crippen molar-refractivity contribution in [2.24, 2.45) is 0 Å². The number of halogens is 6. The van der Waals surface area contributed by atoms with Crippen LogP contribution in [0.15, 0.2) is 48.5 Å². The van der Waals surface area contributed by atoms with Gasteiger partial charge in [0.1, 0.15) is 11.5 Å². The lowest BCUT2D eigenvalue weighted by Gasteiger charge is -2.16. The summed E-state index contributed by atoms with van der Waals surface area (Å²) in [6.07, 6.45) is -10.1. The molecule has 0 unspecified atom stereocenters. The molecule has 124 valence electrons. The molecule has 0 spiro atoms. The van der Waals surface area contributed by atoms with E-state index in [0.29, 0.717) is 6.07 Å². The first-order chi connectivity index (χ1) is 10.6. The van der Waals surface area contributed by atoms with Crippen molar-refractivity contribution in [2.75, 3.05) is 0 Å². The number of hydrogen-bond donors (Lipinski definition) is 0. The Balaban J connectivity index is 2.32. The average molecular weight is 338 g/mol. The van der Waals surface area contributed by atoms with Gasteiger partial charge in [-0.1, -0.05) is 18.2 Å². The molecule has 9 heteroatoms. The summed E-state index contributed by atoms with van der Waals surface area (Å²) < 4.78 is 86.0. The minimum atomic E-state index is -5.11. The topological polar surface area (TPSA) is 27.7 Å². The van der Waals surface area contributed by atoms with Crippen molar-refractivity contribution in [1.29, 1.82) is 0 Å². The molecule has 2 aromatic carbocycles. The molecular weight excluding hydrogens is 330 g/mol. The van der Waals surface area contributed by atoms with Gasteiger partial charge in [-0.2, -0.15) is 0 Å². The Morgan fingerprint density at radius 1 is 0.609 bits per heavy atom. The molecule has 0 amide bonds. The molecule has 0 aromatic heterocycles. The van der Waals surface area contributed by atoms with E-state index in [4.69, 9.17) is 4.74 Å². The smallest absolute Gasteiger partial charge is 0.453 e. The van der Waals surface area contributed by atoms with Gasteiger partial charge in [-0.15, -0.1) is 26.3 Å². The van der Waals surface area contributed by atoms with Crippen LogP contribution in [0.2, 0.25) is 0 Å². The van der Waals surface area contributed by atoms with Crippen LogP contribution in [0, 0.1) is 0 Å². The standard InChI is InChI=1S/C14H8F6O3/c15-13(16,17)22-10-6-7-11(12(8-10)23-14(18,19)20)21-9-4-2-1-3-5-9/h1-8H. The second-order valence-electron chi connectivity index (χ2n) is 4.12. The van der Waals surface area contributed by atoms with Crippen LogP contribution >= 0.6 is 0 Å². The third kappa shape index (κ3) is 5.61. The predicted molar refractivity (Wildman–Crippen MR) is 66.3 cm³/mol. The Morgan fingerprint density at radius 2 is 1.22 bits per heavy atom. The number of alkyl halides is 6. The van der Waals surface area contributed by atoms with Gasteiger partial charge in [0.2, 0.25) is 0 Å². The van der Waals surface area contributed by atoms with Crippen molar-refractivity contribution in [3.8, 4) is 23.0 Å². The molecule has 0 aliphatic rings. The zero-order valence-corrected chi connectivity index (χ0v) is 11.1. The van der Waals surface area contributed by atoms with Gasteiger partial charge in [-0.05, 0) is 24.3 Å². The summed E-state index contributed by atoms with van der Waals surface area (Å²) in [6, 6.07) is 9.85. The molecule has 0 saturated heterocycles. The monoisotopic (exact) mass is 338 g/mol. The largest absolute Gasteiger partial charge is 0.573 e. The molecule has 0 heterocycles. The van der Waals surface area contributed by atoms with Crippen LogP contribution in [0.1, 0.15) is 0 Å². The maximum atomic E-state index is 12.4. The van der Waals surface area contributed by atoms with Crippen LogP contribution < -0.4 is 14.2 Å². The Kier molecular flexibility index (Phi) is 4.57. The highest BCUT2D eigenvalue weighted by Crippen LogP contribution is 2.39. The predicted octanol–water partition coefficient (Wildman–Crippen LogP) is 5.28.